The Balaban J connectivity index is 1.17. The van der Waals surface area contributed by atoms with Crippen molar-refractivity contribution in [3.8, 4) is 0 Å². The molecule has 346 valence electrons. The normalized spacial score (nSPS) is 26.3. The predicted molar refractivity (Wildman–Crippen MR) is 245 cm³/mol. The van der Waals surface area contributed by atoms with Gasteiger partial charge in [-0.3, -0.25) is 19.3 Å². The van der Waals surface area contributed by atoms with Crippen LogP contribution in [-0.4, -0.2) is 107 Å². The van der Waals surface area contributed by atoms with Crippen molar-refractivity contribution in [3.63, 3.8) is 0 Å². The first-order chi connectivity index (χ1) is 32.3. The van der Waals surface area contributed by atoms with Gasteiger partial charge in [0, 0.05) is 6.92 Å². The molecular formula is C52H55NO12S. The number of hydrogen-bond acceptors (Lipinski definition) is 13. The van der Waals surface area contributed by atoms with Crippen molar-refractivity contribution >= 4 is 29.5 Å². The summed E-state index contributed by atoms with van der Waals surface area (Å²) in [5.41, 5.74) is 3.16. The molecule has 10 atom stereocenters. The van der Waals surface area contributed by atoms with Gasteiger partial charge < -0.3 is 43.0 Å². The minimum Gasteiger partial charge on any atom is -0.454 e. The summed E-state index contributed by atoms with van der Waals surface area (Å²) in [6.07, 6.45) is -9.39. The van der Waals surface area contributed by atoms with E-state index >= 15 is 0 Å². The van der Waals surface area contributed by atoms with Gasteiger partial charge in [-0.1, -0.05) is 140 Å². The second-order valence-electron chi connectivity index (χ2n) is 16.2. The Kier molecular flexibility index (Phi) is 16.4. The number of fused-ring (bicyclic) bond motifs is 1. The SMILES string of the molecule is CCS[C@@H]1O[C@H](COCc2ccccc2)[C@@H](O)[C@H](O[C@@H]2O[C@H](COCc3ccccc3)[C@H](OCc3ccccc3)[C@H](OCc3ccccc3)[C@H]2OC(C)=O)[C@H]1N1C(=O)c2ccccc2C1=O. The van der Waals surface area contributed by atoms with Crippen LogP contribution < -0.4 is 0 Å². The Hall–Kier alpha value is -5.26. The fourth-order valence-corrected chi connectivity index (χ4v) is 9.53. The number of benzene rings is 5. The maximum Gasteiger partial charge on any atom is 0.303 e. The molecule has 0 spiro atoms. The van der Waals surface area contributed by atoms with Crippen LogP contribution in [0.15, 0.2) is 146 Å². The molecule has 13 nitrogen and oxygen atoms in total. The standard InChI is InChI=1S/C52H55NO12S/c1-3-66-52-43(53-49(56)39-26-16-17-27-40(39)50(53)57)46(44(55)41(64-52)32-58-28-35-18-8-4-9-19-35)65-51-48(62-34(2)54)47(61-31-38-24-14-7-15-25-38)45(60-30-37-22-12-6-13-23-37)42(63-51)33-59-29-36-20-10-5-11-21-36/h4-27,41-48,51-52,55H,3,28-33H2,1-2H3/t41-,42-,43-,44-,45+,46-,47+,48-,51+,52+/m1/s1. The van der Waals surface area contributed by atoms with E-state index in [4.69, 9.17) is 37.9 Å². The highest BCUT2D eigenvalue weighted by Crippen LogP contribution is 2.40. The Morgan fingerprint density at radius 3 is 1.53 bits per heavy atom. The van der Waals surface area contributed by atoms with Crippen LogP contribution in [0, 0.1) is 0 Å². The van der Waals surface area contributed by atoms with E-state index in [0.717, 1.165) is 27.2 Å². The summed E-state index contributed by atoms with van der Waals surface area (Å²) in [7, 11) is 0. The molecule has 2 fully saturated rings. The zero-order valence-electron chi connectivity index (χ0n) is 36.9. The number of nitrogens with zero attached hydrogens (tertiary/aromatic N) is 1. The smallest absolute Gasteiger partial charge is 0.303 e. The maximum absolute atomic E-state index is 14.3. The van der Waals surface area contributed by atoms with Gasteiger partial charge in [0.2, 0.25) is 0 Å². The second kappa shape index (κ2) is 23.0. The van der Waals surface area contributed by atoms with Gasteiger partial charge in [0.05, 0.1) is 50.8 Å². The van der Waals surface area contributed by atoms with Crippen molar-refractivity contribution in [2.75, 3.05) is 19.0 Å². The van der Waals surface area contributed by atoms with Crippen LogP contribution in [0.4, 0.5) is 0 Å². The van der Waals surface area contributed by atoms with Crippen molar-refractivity contribution < 1.29 is 57.4 Å². The van der Waals surface area contributed by atoms with E-state index in [-0.39, 0.29) is 50.8 Å². The minimum atomic E-state index is -1.49. The molecule has 0 bridgehead atoms. The maximum atomic E-state index is 14.3. The second-order valence-corrected chi connectivity index (χ2v) is 17.6. The summed E-state index contributed by atoms with van der Waals surface area (Å²) in [6, 6.07) is 43.9. The summed E-state index contributed by atoms with van der Waals surface area (Å²) in [4.78, 5) is 43.0. The van der Waals surface area contributed by atoms with Gasteiger partial charge in [-0.15, -0.1) is 11.8 Å². The predicted octanol–water partition coefficient (Wildman–Crippen LogP) is 7.14. The number of carbonyl (C=O) groups excluding carboxylic acids is 3. The van der Waals surface area contributed by atoms with Gasteiger partial charge in [0.1, 0.15) is 48.1 Å². The molecule has 2 amide bonds. The summed E-state index contributed by atoms with van der Waals surface area (Å²) < 4.78 is 52.5. The number of hydrogen-bond donors (Lipinski definition) is 1. The molecule has 0 aromatic heterocycles. The number of rotatable bonds is 20. The first kappa shape index (κ1) is 47.2. The lowest BCUT2D eigenvalue weighted by atomic mass is 9.94. The first-order valence-corrected chi connectivity index (χ1v) is 23.3. The van der Waals surface area contributed by atoms with Gasteiger partial charge in [-0.2, -0.15) is 0 Å². The van der Waals surface area contributed by atoms with Gasteiger partial charge in [0.15, 0.2) is 12.4 Å². The lowest BCUT2D eigenvalue weighted by Crippen LogP contribution is -2.68. The number of aliphatic hydroxyl groups excluding tert-OH is 1. The number of esters is 1. The summed E-state index contributed by atoms with van der Waals surface area (Å²) in [5.74, 6) is -1.24. The van der Waals surface area contributed by atoms with E-state index in [9.17, 15) is 19.5 Å². The number of carbonyl (C=O) groups is 3. The highest BCUT2D eigenvalue weighted by molar-refractivity contribution is 7.99. The van der Waals surface area contributed by atoms with E-state index < -0.39 is 78.3 Å². The summed E-state index contributed by atoms with van der Waals surface area (Å²) >= 11 is 1.36. The molecule has 0 unspecified atom stereocenters. The molecule has 5 aromatic carbocycles. The van der Waals surface area contributed by atoms with Gasteiger partial charge >= 0.3 is 5.97 Å². The number of amides is 2. The molecule has 3 aliphatic heterocycles. The van der Waals surface area contributed by atoms with E-state index in [1.165, 1.54) is 18.7 Å². The molecule has 2 saturated heterocycles. The van der Waals surface area contributed by atoms with Crippen LogP contribution in [0.2, 0.25) is 0 Å². The lowest BCUT2D eigenvalue weighted by Gasteiger charge is -2.50. The van der Waals surface area contributed by atoms with Crippen LogP contribution in [0.3, 0.4) is 0 Å². The third-order valence-electron chi connectivity index (χ3n) is 11.6. The molecule has 0 aliphatic carbocycles. The molecule has 0 radical (unpaired) electrons. The summed E-state index contributed by atoms with van der Waals surface area (Å²) in [6.45, 7) is 3.90. The van der Waals surface area contributed by atoms with Crippen molar-refractivity contribution in [2.24, 2.45) is 0 Å². The third kappa shape index (κ3) is 11.5. The minimum absolute atomic E-state index is 0.00533. The number of imide groups is 1. The van der Waals surface area contributed by atoms with E-state index in [2.05, 4.69) is 0 Å². The number of aliphatic hydroxyl groups is 1. The van der Waals surface area contributed by atoms with Crippen LogP contribution in [-0.2, 0) is 69.1 Å². The van der Waals surface area contributed by atoms with Crippen LogP contribution in [0.5, 0.6) is 0 Å². The largest absolute Gasteiger partial charge is 0.454 e. The van der Waals surface area contributed by atoms with Crippen molar-refractivity contribution in [1.29, 1.82) is 0 Å². The fraction of sp³-hybridized carbons (Fsp3) is 0.365. The van der Waals surface area contributed by atoms with Gasteiger partial charge in [-0.25, -0.2) is 0 Å². The highest BCUT2D eigenvalue weighted by atomic mass is 32.2. The monoisotopic (exact) mass is 917 g/mol. The Morgan fingerprint density at radius 1 is 0.591 bits per heavy atom. The van der Waals surface area contributed by atoms with Crippen LogP contribution in [0.1, 0.15) is 56.8 Å². The molecule has 14 heteroatoms. The Bertz CT molecular complexity index is 2290. The number of ether oxygens (including phenoxy) is 8. The molecule has 0 saturated carbocycles. The van der Waals surface area contributed by atoms with Crippen LogP contribution in [0.25, 0.3) is 0 Å². The van der Waals surface area contributed by atoms with E-state index in [1.807, 2.05) is 128 Å². The van der Waals surface area contributed by atoms with E-state index in [0.29, 0.717) is 5.75 Å². The number of thioether (sulfide) groups is 1. The van der Waals surface area contributed by atoms with Crippen LogP contribution >= 0.6 is 11.8 Å². The first-order valence-electron chi connectivity index (χ1n) is 22.2. The third-order valence-corrected chi connectivity index (χ3v) is 12.7. The molecule has 8 rings (SSSR count). The van der Waals surface area contributed by atoms with Crippen molar-refractivity contribution in [2.45, 2.75) is 101 Å². The zero-order chi connectivity index (χ0) is 45.8. The van der Waals surface area contributed by atoms with Gasteiger partial charge in [-0.05, 0) is 40.1 Å². The van der Waals surface area contributed by atoms with E-state index in [1.54, 1.807) is 24.3 Å². The Labute approximate surface area is 389 Å². The fourth-order valence-electron chi connectivity index (χ4n) is 8.50. The summed E-state index contributed by atoms with van der Waals surface area (Å²) in [5, 5.41) is 12.5. The quantitative estimate of drug-likeness (QED) is 0.0624. The average Bonchev–Trinajstić information content (AvgIpc) is 3.59. The topological polar surface area (TPSA) is 149 Å². The lowest BCUT2D eigenvalue weighted by molar-refractivity contribution is -0.344. The highest BCUT2D eigenvalue weighted by Gasteiger charge is 2.57. The molecule has 1 N–H and O–H groups in total. The molecule has 66 heavy (non-hydrogen) atoms. The van der Waals surface area contributed by atoms with Gasteiger partial charge in [0.25, 0.3) is 11.8 Å². The average molecular weight is 918 g/mol. The molecule has 3 heterocycles. The molecular weight excluding hydrogens is 863 g/mol. The van der Waals surface area contributed by atoms with Crippen molar-refractivity contribution in [3.05, 3.63) is 179 Å². The zero-order valence-corrected chi connectivity index (χ0v) is 37.7. The molecule has 3 aliphatic rings. The molecule has 5 aromatic rings. The Morgan fingerprint density at radius 2 is 1.05 bits per heavy atom. The van der Waals surface area contributed by atoms with Crippen molar-refractivity contribution in [1.82, 2.24) is 4.90 Å².